The van der Waals surface area contributed by atoms with Gasteiger partial charge in [0.05, 0.1) is 17.0 Å². The van der Waals surface area contributed by atoms with E-state index in [9.17, 15) is 17.6 Å². The monoisotopic (exact) mass is 476 g/mol. The maximum absolute atomic E-state index is 14.4. The van der Waals surface area contributed by atoms with Gasteiger partial charge in [-0.3, -0.25) is 4.79 Å². The molecule has 10 heteroatoms. The molecule has 0 unspecified atom stereocenters. The number of imidazole rings is 1. The molecular weight excluding hydrogens is 455 g/mol. The number of carbonyl (C=O) groups excluding carboxylic acids is 1. The summed E-state index contributed by atoms with van der Waals surface area (Å²) in [6, 6.07) is 8.81. The lowest BCUT2D eigenvalue weighted by atomic mass is 10.1. The number of rotatable bonds is 6. The van der Waals surface area contributed by atoms with Gasteiger partial charge in [-0.05, 0) is 48.7 Å². The van der Waals surface area contributed by atoms with E-state index in [2.05, 4.69) is 10.3 Å². The molecule has 1 fully saturated rings. The first kappa shape index (κ1) is 22.4. The highest BCUT2D eigenvalue weighted by atomic mass is 35.5. The van der Waals surface area contributed by atoms with Gasteiger partial charge in [-0.1, -0.05) is 24.1 Å². The number of hydrogen-bond acceptors (Lipinski definition) is 4. The average Bonchev–Trinajstić information content (AvgIpc) is 3.33. The lowest BCUT2D eigenvalue weighted by molar-refractivity contribution is 0.0950. The van der Waals surface area contributed by atoms with E-state index in [1.165, 1.54) is 34.9 Å². The second-order valence-corrected chi connectivity index (χ2v) is 9.86. The van der Waals surface area contributed by atoms with Crippen molar-refractivity contribution in [2.24, 2.45) is 0 Å². The summed E-state index contributed by atoms with van der Waals surface area (Å²) in [5.41, 5.74) is 1.08. The molecule has 0 saturated carbocycles. The molecule has 1 aliphatic rings. The van der Waals surface area contributed by atoms with Crippen molar-refractivity contribution in [3.05, 3.63) is 77.1 Å². The van der Waals surface area contributed by atoms with Crippen LogP contribution in [-0.2, 0) is 16.6 Å². The average molecular weight is 477 g/mol. The molecule has 32 heavy (non-hydrogen) atoms. The van der Waals surface area contributed by atoms with Crippen LogP contribution in [0.3, 0.4) is 0 Å². The zero-order valence-corrected chi connectivity index (χ0v) is 18.7. The number of nitrogens with zero attached hydrogens (tertiary/aromatic N) is 3. The molecule has 1 aromatic heterocycles. The van der Waals surface area contributed by atoms with Gasteiger partial charge in [0.1, 0.15) is 10.7 Å². The first-order chi connectivity index (χ1) is 15.4. The molecule has 2 aromatic carbocycles. The molecule has 3 aromatic rings. The molecule has 0 spiro atoms. The van der Waals surface area contributed by atoms with Gasteiger partial charge in [0.15, 0.2) is 0 Å². The van der Waals surface area contributed by atoms with Crippen LogP contribution in [0.2, 0.25) is 5.02 Å². The summed E-state index contributed by atoms with van der Waals surface area (Å²) in [5.74, 6) is -0.924. The molecule has 4 rings (SSSR count). The number of piperidine rings is 1. The van der Waals surface area contributed by atoms with Gasteiger partial charge in [-0.25, -0.2) is 17.8 Å². The van der Waals surface area contributed by atoms with Crippen molar-refractivity contribution in [1.29, 1.82) is 0 Å². The van der Waals surface area contributed by atoms with Crippen LogP contribution in [0.25, 0.3) is 5.69 Å². The summed E-state index contributed by atoms with van der Waals surface area (Å²) in [5, 5.41) is 2.77. The van der Waals surface area contributed by atoms with Crippen LogP contribution in [0.1, 0.15) is 35.2 Å². The number of aromatic nitrogens is 2. The minimum atomic E-state index is -3.78. The SMILES string of the molecule is O=C(NCc1ccc(-n2ccnc2)c(F)c1)c1ccc(Cl)c(S(=O)(=O)N2CCCCC2)c1. The van der Waals surface area contributed by atoms with Gasteiger partial charge in [0.25, 0.3) is 5.91 Å². The van der Waals surface area contributed by atoms with Crippen LogP contribution >= 0.6 is 11.6 Å². The van der Waals surface area contributed by atoms with Crippen molar-refractivity contribution < 1.29 is 17.6 Å². The summed E-state index contributed by atoms with van der Waals surface area (Å²) in [7, 11) is -3.78. The van der Waals surface area contributed by atoms with Crippen molar-refractivity contribution in [3.8, 4) is 5.69 Å². The summed E-state index contributed by atoms with van der Waals surface area (Å²) in [6.07, 6.45) is 7.28. The second kappa shape index (κ2) is 9.40. The van der Waals surface area contributed by atoms with E-state index in [0.29, 0.717) is 24.3 Å². The third-order valence-electron chi connectivity index (χ3n) is 5.37. The fraction of sp³-hybridized carbons (Fsp3) is 0.273. The summed E-state index contributed by atoms with van der Waals surface area (Å²) in [4.78, 5) is 16.5. The molecule has 1 N–H and O–H groups in total. The first-order valence-electron chi connectivity index (χ1n) is 10.2. The Bertz CT molecular complexity index is 1230. The van der Waals surface area contributed by atoms with Crippen LogP contribution in [0.15, 0.2) is 60.0 Å². The molecule has 0 aliphatic carbocycles. The third kappa shape index (κ3) is 4.69. The van der Waals surface area contributed by atoms with Crippen LogP contribution in [0, 0.1) is 5.82 Å². The van der Waals surface area contributed by atoms with E-state index in [1.807, 2.05) is 0 Å². The molecule has 168 valence electrons. The van der Waals surface area contributed by atoms with Crippen molar-refractivity contribution in [3.63, 3.8) is 0 Å². The Balaban J connectivity index is 1.48. The van der Waals surface area contributed by atoms with E-state index < -0.39 is 21.7 Å². The second-order valence-electron chi connectivity index (χ2n) is 7.55. The smallest absolute Gasteiger partial charge is 0.251 e. The topological polar surface area (TPSA) is 84.3 Å². The highest BCUT2D eigenvalue weighted by molar-refractivity contribution is 7.89. The maximum Gasteiger partial charge on any atom is 0.251 e. The molecule has 7 nitrogen and oxygen atoms in total. The normalized spacial score (nSPS) is 14.9. The van der Waals surface area contributed by atoms with E-state index in [1.54, 1.807) is 29.1 Å². The molecular formula is C22H22ClFN4O3S. The summed E-state index contributed by atoms with van der Waals surface area (Å²) >= 11 is 6.17. The van der Waals surface area contributed by atoms with Gasteiger partial charge < -0.3 is 9.88 Å². The Morgan fingerprint density at radius 3 is 2.59 bits per heavy atom. The van der Waals surface area contributed by atoms with E-state index in [4.69, 9.17) is 11.6 Å². The van der Waals surface area contributed by atoms with Gasteiger partial charge >= 0.3 is 0 Å². The Labute approximate surface area is 190 Å². The zero-order valence-electron chi connectivity index (χ0n) is 17.2. The minimum Gasteiger partial charge on any atom is -0.348 e. The lowest BCUT2D eigenvalue weighted by Gasteiger charge is -2.26. The number of nitrogens with one attached hydrogen (secondary N) is 1. The summed E-state index contributed by atoms with van der Waals surface area (Å²) in [6.45, 7) is 0.961. The summed E-state index contributed by atoms with van der Waals surface area (Å²) < 4.78 is 43.4. The van der Waals surface area contributed by atoms with E-state index >= 15 is 0 Å². The van der Waals surface area contributed by atoms with Gasteiger partial charge in [0, 0.05) is 37.6 Å². The number of halogens is 2. The predicted octanol–water partition coefficient (Wildman–Crippen LogP) is 3.77. The molecule has 1 amide bonds. The van der Waals surface area contributed by atoms with Crippen LogP contribution < -0.4 is 5.32 Å². The van der Waals surface area contributed by atoms with Crippen molar-refractivity contribution in [2.75, 3.05) is 13.1 Å². The number of amides is 1. The minimum absolute atomic E-state index is 0.0734. The fourth-order valence-electron chi connectivity index (χ4n) is 3.64. The van der Waals surface area contributed by atoms with Gasteiger partial charge in [-0.15, -0.1) is 0 Å². The van der Waals surface area contributed by atoms with E-state index in [0.717, 1.165) is 19.3 Å². The Hall–Kier alpha value is -2.75. The number of sulfonamides is 1. The van der Waals surface area contributed by atoms with Crippen LogP contribution in [0.5, 0.6) is 0 Å². The first-order valence-corrected chi connectivity index (χ1v) is 12.0. The van der Waals surface area contributed by atoms with Gasteiger partial charge in [-0.2, -0.15) is 4.31 Å². The Morgan fingerprint density at radius 1 is 1.12 bits per heavy atom. The lowest BCUT2D eigenvalue weighted by Crippen LogP contribution is -2.36. The van der Waals surface area contributed by atoms with Crippen molar-refractivity contribution in [1.82, 2.24) is 19.2 Å². The highest BCUT2D eigenvalue weighted by Gasteiger charge is 2.28. The number of carbonyl (C=O) groups is 1. The largest absolute Gasteiger partial charge is 0.348 e. The van der Waals surface area contributed by atoms with E-state index in [-0.39, 0.29) is 22.0 Å². The number of hydrogen-bond donors (Lipinski definition) is 1. The Kier molecular flexibility index (Phi) is 6.59. The predicted molar refractivity (Wildman–Crippen MR) is 119 cm³/mol. The Morgan fingerprint density at radius 2 is 1.91 bits per heavy atom. The third-order valence-corrected chi connectivity index (χ3v) is 7.75. The highest BCUT2D eigenvalue weighted by Crippen LogP contribution is 2.28. The molecule has 0 atom stereocenters. The molecule has 1 aliphatic heterocycles. The van der Waals surface area contributed by atoms with Crippen molar-refractivity contribution in [2.45, 2.75) is 30.7 Å². The van der Waals surface area contributed by atoms with Gasteiger partial charge in [0.2, 0.25) is 10.0 Å². The van der Waals surface area contributed by atoms with Crippen molar-refractivity contribution >= 4 is 27.5 Å². The quantitative estimate of drug-likeness (QED) is 0.587. The standard InChI is InChI=1S/C22H22ClFN4O3S/c23-18-6-5-17(13-21(18)32(30,31)28-9-2-1-3-10-28)22(29)26-14-16-4-7-20(19(24)12-16)27-11-8-25-15-27/h4-8,11-13,15H,1-3,9-10,14H2,(H,26,29). The maximum atomic E-state index is 14.4. The molecule has 0 radical (unpaired) electrons. The fourth-order valence-corrected chi connectivity index (χ4v) is 5.66. The number of benzene rings is 2. The zero-order chi connectivity index (χ0) is 22.7. The molecule has 2 heterocycles. The molecule has 1 saturated heterocycles. The van der Waals surface area contributed by atoms with Crippen LogP contribution in [-0.4, -0.2) is 41.3 Å². The molecule has 0 bridgehead atoms. The van der Waals surface area contributed by atoms with Crippen LogP contribution in [0.4, 0.5) is 4.39 Å².